The lowest BCUT2D eigenvalue weighted by atomic mass is 10.2. The molecule has 1 N–H and O–H groups in total. The Hall–Kier alpha value is -2.51. The lowest BCUT2D eigenvalue weighted by molar-refractivity contribution is -0.118. The van der Waals surface area contributed by atoms with Crippen LogP contribution in [0.4, 0.5) is 0 Å². The zero-order valence-electron chi connectivity index (χ0n) is 15.8. The summed E-state index contributed by atoms with van der Waals surface area (Å²) in [7, 11) is 1.55. The number of thioether (sulfide) groups is 1. The molecule has 1 aromatic heterocycles. The quantitative estimate of drug-likeness (QED) is 0.490. The molecule has 2 aromatic carbocycles. The number of fused-ring (bicyclic) bond motifs is 1. The van der Waals surface area contributed by atoms with Gasteiger partial charge < -0.3 is 10.1 Å². The molecule has 0 atom stereocenters. The van der Waals surface area contributed by atoms with Gasteiger partial charge in [-0.1, -0.05) is 29.4 Å². The fourth-order valence-corrected chi connectivity index (χ4v) is 3.80. The maximum Gasteiger partial charge on any atom is 0.266 e. The number of carbonyl (C=O) groups excluding carboxylic acids is 1. The number of methoxy groups -OCH3 is 1. The number of nitrogens with one attached hydrogen (secondary N) is 1. The van der Waals surface area contributed by atoms with Crippen molar-refractivity contribution >= 4 is 40.2 Å². The second-order valence-corrected chi connectivity index (χ2v) is 7.49. The van der Waals surface area contributed by atoms with Gasteiger partial charge in [0, 0.05) is 11.6 Å². The number of ether oxygens (including phenoxy) is 1. The normalized spacial score (nSPS) is 10.9. The average molecular weight is 418 g/mol. The second kappa shape index (κ2) is 8.67. The van der Waals surface area contributed by atoms with E-state index in [0.29, 0.717) is 39.1 Å². The number of hydrogen-bond acceptors (Lipinski definition) is 5. The Morgan fingerprint density at radius 2 is 2.07 bits per heavy atom. The van der Waals surface area contributed by atoms with Crippen LogP contribution in [0.1, 0.15) is 12.5 Å². The predicted molar refractivity (Wildman–Crippen MR) is 113 cm³/mol. The lowest BCUT2D eigenvalue weighted by Crippen LogP contribution is -2.26. The Bertz CT molecular complexity index is 1100. The van der Waals surface area contributed by atoms with E-state index in [9.17, 15) is 9.59 Å². The predicted octanol–water partition coefficient (Wildman–Crippen LogP) is 3.58. The van der Waals surface area contributed by atoms with Crippen LogP contribution in [0.2, 0.25) is 5.02 Å². The summed E-state index contributed by atoms with van der Waals surface area (Å²) in [6.45, 7) is 4.33. The Kier molecular flexibility index (Phi) is 6.26. The largest absolute Gasteiger partial charge is 0.495 e. The van der Waals surface area contributed by atoms with E-state index in [2.05, 4.69) is 10.3 Å². The molecule has 146 valence electrons. The highest BCUT2D eigenvalue weighted by Gasteiger charge is 2.18. The van der Waals surface area contributed by atoms with Gasteiger partial charge in [0.2, 0.25) is 5.91 Å². The molecule has 28 heavy (non-hydrogen) atoms. The zero-order chi connectivity index (χ0) is 20.3. The number of amides is 1. The molecular formula is C20H20ClN3O3S. The summed E-state index contributed by atoms with van der Waals surface area (Å²) in [4.78, 5) is 29.9. The lowest BCUT2D eigenvalue weighted by Gasteiger charge is -2.16. The summed E-state index contributed by atoms with van der Waals surface area (Å²) in [6, 6.07) is 10.5. The maximum atomic E-state index is 13.3. The number of rotatable bonds is 6. The first-order chi connectivity index (χ1) is 13.4. The highest BCUT2D eigenvalue weighted by Crippen LogP contribution is 2.28. The van der Waals surface area contributed by atoms with Gasteiger partial charge in [-0.05, 0) is 49.7 Å². The number of carbonyl (C=O) groups is 1. The van der Waals surface area contributed by atoms with Crippen LogP contribution in [0.15, 0.2) is 46.3 Å². The molecule has 0 radical (unpaired) electrons. The molecule has 0 aliphatic rings. The van der Waals surface area contributed by atoms with Crippen LogP contribution >= 0.6 is 23.4 Å². The van der Waals surface area contributed by atoms with Crippen molar-refractivity contribution < 1.29 is 9.53 Å². The van der Waals surface area contributed by atoms with Gasteiger partial charge in [0.25, 0.3) is 5.56 Å². The number of halogens is 1. The van der Waals surface area contributed by atoms with Crippen molar-refractivity contribution in [3.05, 3.63) is 57.3 Å². The summed E-state index contributed by atoms with van der Waals surface area (Å²) < 4.78 is 6.95. The summed E-state index contributed by atoms with van der Waals surface area (Å²) in [5, 5.41) is 4.08. The molecule has 0 saturated carbocycles. The number of aryl methyl sites for hydroxylation is 1. The average Bonchev–Trinajstić information content (AvgIpc) is 2.66. The smallest absolute Gasteiger partial charge is 0.266 e. The topological polar surface area (TPSA) is 73.2 Å². The molecule has 3 rings (SSSR count). The Morgan fingerprint density at radius 1 is 1.29 bits per heavy atom. The Morgan fingerprint density at radius 3 is 2.79 bits per heavy atom. The van der Waals surface area contributed by atoms with Crippen molar-refractivity contribution in [3.63, 3.8) is 0 Å². The highest BCUT2D eigenvalue weighted by atomic mass is 35.5. The van der Waals surface area contributed by atoms with E-state index in [1.54, 1.807) is 31.4 Å². The minimum absolute atomic E-state index is 0.129. The van der Waals surface area contributed by atoms with Crippen LogP contribution < -0.4 is 15.6 Å². The summed E-state index contributed by atoms with van der Waals surface area (Å²) >= 11 is 7.27. The molecule has 0 aliphatic heterocycles. The van der Waals surface area contributed by atoms with E-state index in [0.717, 1.165) is 5.56 Å². The molecule has 0 fully saturated rings. The molecule has 1 heterocycles. The summed E-state index contributed by atoms with van der Waals surface area (Å²) in [6.07, 6.45) is 0. The highest BCUT2D eigenvalue weighted by molar-refractivity contribution is 7.99. The van der Waals surface area contributed by atoms with Crippen LogP contribution in [-0.4, -0.2) is 34.9 Å². The van der Waals surface area contributed by atoms with E-state index in [1.807, 2.05) is 26.0 Å². The first-order valence-corrected chi connectivity index (χ1v) is 10.1. The molecule has 0 bridgehead atoms. The van der Waals surface area contributed by atoms with Crippen molar-refractivity contribution in [1.82, 2.24) is 14.9 Å². The third kappa shape index (κ3) is 4.15. The van der Waals surface area contributed by atoms with Crippen molar-refractivity contribution in [2.75, 3.05) is 19.4 Å². The molecule has 6 nitrogen and oxygen atoms in total. The molecule has 1 amide bonds. The molecule has 3 aromatic rings. The fourth-order valence-electron chi connectivity index (χ4n) is 2.80. The Labute approximate surface area is 171 Å². The van der Waals surface area contributed by atoms with Crippen LogP contribution in [0, 0.1) is 6.92 Å². The molecule has 0 unspecified atom stereocenters. The van der Waals surface area contributed by atoms with Crippen molar-refractivity contribution in [3.8, 4) is 11.4 Å². The second-order valence-electron chi connectivity index (χ2n) is 6.11. The van der Waals surface area contributed by atoms with Gasteiger partial charge in [-0.3, -0.25) is 14.2 Å². The number of benzene rings is 2. The van der Waals surface area contributed by atoms with Crippen LogP contribution in [0.3, 0.4) is 0 Å². The monoisotopic (exact) mass is 417 g/mol. The third-order valence-electron chi connectivity index (χ3n) is 4.08. The fraction of sp³-hybridized carbons (Fsp3) is 0.250. The first-order valence-electron chi connectivity index (χ1n) is 8.71. The van der Waals surface area contributed by atoms with Crippen LogP contribution in [-0.2, 0) is 4.79 Å². The molecule has 0 aliphatic carbocycles. The number of aromatic nitrogens is 2. The van der Waals surface area contributed by atoms with Gasteiger partial charge in [0.1, 0.15) is 5.75 Å². The van der Waals surface area contributed by atoms with Gasteiger partial charge >= 0.3 is 0 Å². The van der Waals surface area contributed by atoms with Gasteiger partial charge in [-0.2, -0.15) is 0 Å². The van der Waals surface area contributed by atoms with Gasteiger partial charge in [0.05, 0.1) is 29.5 Å². The molecule has 0 saturated heterocycles. The van der Waals surface area contributed by atoms with Gasteiger partial charge in [0.15, 0.2) is 5.16 Å². The SMILES string of the molecule is CCNC(=O)CSc1nc2cc(Cl)ccc2c(=O)n1-c1cc(C)ccc1OC. The van der Waals surface area contributed by atoms with Crippen LogP contribution in [0.25, 0.3) is 16.6 Å². The molecule has 8 heteroatoms. The zero-order valence-corrected chi connectivity index (χ0v) is 17.4. The third-order valence-corrected chi connectivity index (χ3v) is 5.26. The summed E-state index contributed by atoms with van der Waals surface area (Å²) in [5.41, 5.74) is 1.79. The van der Waals surface area contributed by atoms with Crippen LogP contribution in [0.5, 0.6) is 5.75 Å². The Balaban J connectivity index is 2.24. The molecular weight excluding hydrogens is 398 g/mol. The number of nitrogens with zero attached hydrogens (tertiary/aromatic N) is 2. The van der Waals surface area contributed by atoms with E-state index in [-0.39, 0.29) is 17.2 Å². The molecule has 0 spiro atoms. The van der Waals surface area contributed by atoms with E-state index >= 15 is 0 Å². The van der Waals surface area contributed by atoms with E-state index in [4.69, 9.17) is 16.3 Å². The van der Waals surface area contributed by atoms with E-state index in [1.165, 1.54) is 16.3 Å². The standard InChI is InChI=1S/C20H20ClN3O3S/c1-4-22-18(25)11-28-20-23-15-10-13(21)6-7-14(15)19(26)24(20)16-9-12(2)5-8-17(16)27-3/h5-10H,4,11H2,1-3H3,(H,22,25). The van der Waals surface area contributed by atoms with Crippen molar-refractivity contribution in [2.45, 2.75) is 19.0 Å². The first kappa shape index (κ1) is 20.2. The number of hydrogen-bond donors (Lipinski definition) is 1. The maximum absolute atomic E-state index is 13.3. The summed E-state index contributed by atoms with van der Waals surface area (Å²) in [5.74, 6) is 0.555. The van der Waals surface area contributed by atoms with Gasteiger partial charge in [-0.25, -0.2) is 4.98 Å². The minimum Gasteiger partial charge on any atom is -0.495 e. The van der Waals surface area contributed by atoms with Crippen molar-refractivity contribution in [2.24, 2.45) is 0 Å². The van der Waals surface area contributed by atoms with Gasteiger partial charge in [-0.15, -0.1) is 0 Å². The minimum atomic E-state index is -0.246. The van der Waals surface area contributed by atoms with Crippen molar-refractivity contribution in [1.29, 1.82) is 0 Å². The van der Waals surface area contributed by atoms with E-state index < -0.39 is 0 Å².